The molecular formula is C16H27NO. The summed E-state index contributed by atoms with van der Waals surface area (Å²) in [5, 5.41) is 3.45. The maximum atomic E-state index is 6.17. The van der Waals surface area contributed by atoms with Gasteiger partial charge in [-0.2, -0.15) is 0 Å². The van der Waals surface area contributed by atoms with Crippen LogP contribution in [0.25, 0.3) is 0 Å². The molecule has 0 radical (unpaired) electrons. The average Bonchev–Trinajstić information content (AvgIpc) is 2.33. The molecule has 2 heteroatoms. The van der Waals surface area contributed by atoms with E-state index in [1.807, 2.05) is 0 Å². The Morgan fingerprint density at radius 3 is 2.56 bits per heavy atom. The molecule has 0 spiro atoms. The fraction of sp³-hybridized carbons (Fsp3) is 0.625. The molecule has 0 saturated carbocycles. The first kappa shape index (κ1) is 15.0. The fourth-order valence-electron chi connectivity index (χ4n) is 1.85. The minimum absolute atomic E-state index is 0.233. The van der Waals surface area contributed by atoms with Gasteiger partial charge in [0, 0.05) is 6.54 Å². The molecule has 102 valence electrons. The monoisotopic (exact) mass is 249 g/mol. The van der Waals surface area contributed by atoms with Crippen LogP contribution in [-0.4, -0.2) is 19.2 Å². The van der Waals surface area contributed by atoms with Gasteiger partial charge >= 0.3 is 0 Å². The molecule has 0 aliphatic heterocycles. The number of hydrogen-bond donors (Lipinski definition) is 1. The molecular weight excluding hydrogens is 222 g/mol. The second-order valence-electron chi connectivity index (χ2n) is 5.30. The Hall–Kier alpha value is -1.02. The highest BCUT2D eigenvalue weighted by Gasteiger charge is 2.16. The highest BCUT2D eigenvalue weighted by atomic mass is 16.5. The number of hydrogen-bond acceptors (Lipinski definition) is 2. The number of nitrogens with one attached hydrogen (secondary N) is 1. The first-order valence-electron chi connectivity index (χ1n) is 6.99. The highest BCUT2D eigenvalue weighted by molar-refractivity contribution is 5.38. The molecule has 0 aliphatic carbocycles. The molecule has 0 fully saturated rings. The highest BCUT2D eigenvalue weighted by Crippen LogP contribution is 2.23. The molecule has 0 aromatic heterocycles. The summed E-state index contributed by atoms with van der Waals surface area (Å²) in [5.41, 5.74) is 2.54. The van der Waals surface area contributed by atoms with Gasteiger partial charge in [-0.05, 0) is 49.9 Å². The Morgan fingerprint density at radius 1 is 1.22 bits per heavy atom. The third-order valence-electron chi connectivity index (χ3n) is 3.35. The topological polar surface area (TPSA) is 21.3 Å². The van der Waals surface area contributed by atoms with Gasteiger partial charge < -0.3 is 10.1 Å². The van der Waals surface area contributed by atoms with E-state index in [0.29, 0.717) is 5.92 Å². The van der Waals surface area contributed by atoms with Crippen LogP contribution in [0.3, 0.4) is 0 Å². The average molecular weight is 249 g/mol. The summed E-state index contributed by atoms with van der Waals surface area (Å²) < 4.78 is 6.17. The Kier molecular flexibility index (Phi) is 6.20. The lowest BCUT2D eigenvalue weighted by Gasteiger charge is -2.24. The van der Waals surface area contributed by atoms with Gasteiger partial charge in [-0.15, -0.1) is 0 Å². The minimum atomic E-state index is 0.233. The Balaban J connectivity index is 2.68. The molecule has 18 heavy (non-hydrogen) atoms. The van der Waals surface area contributed by atoms with E-state index in [1.54, 1.807) is 0 Å². The SMILES string of the molecule is CCCNCC(Oc1cccc(C)c1C)C(C)C. The van der Waals surface area contributed by atoms with Crippen LogP contribution in [0.4, 0.5) is 0 Å². The number of rotatable bonds is 7. The van der Waals surface area contributed by atoms with Gasteiger partial charge in [-0.3, -0.25) is 0 Å². The van der Waals surface area contributed by atoms with Gasteiger partial charge in [0.15, 0.2) is 0 Å². The molecule has 1 unspecified atom stereocenters. The maximum absolute atomic E-state index is 6.17. The molecule has 1 rings (SSSR count). The minimum Gasteiger partial charge on any atom is -0.489 e. The van der Waals surface area contributed by atoms with Gasteiger partial charge in [0.1, 0.15) is 11.9 Å². The summed E-state index contributed by atoms with van der Waals surface area (Å²) >= 11 is 0. The van der Waals surface area contributed by atoms with Crippen LogP contribution in [0.2, 0.25) is 0 Å². The van der Waals surface area contributed by atoms with E-state index in [9.17, 15) is 0 Å². The summed E-state index contributed by atoms with van der Waals surface area (Å²) in [6, 6.07) is 6.26. The van der Waals surface area contributed by atoms with E-state index < -0.39 is 0 Å². The smallest absolute Gasteiger partial charge is 0.122 e. The standard InChI is InChI=1S/C16H27NO/c1-6-10-17-11-16(12(2)3)18-15-9-7-8-13(4)14(15)5/h7-9,12,16-17H,6,10-11H2,1-5H3. The molecule has 0 bridgehead atoms. The van der Waals surface area contributed by atoms with Crippen molar-refractivity contribution >= 4 is 0 Å². The van der Waals surface area contributed by atoms with Crippen molar-refractivity contribution in [1.29, 1.82) is 0 Å². The predicted molar refractivity (Wildman–Crippen MR) is 78.3 cm³/mol. The van der Waals surface area contributed by atoms with Crippen molar-refractivity contribution in [1.82, 2.24) is 5.32 Å². The van der Waals surface area contributed by atoms with Crippen molar-refractivity contribution in [3.8, 4) is 5.75 Å². The van der Waals surface area contributed by atoms with Gasteiger partial charge in [0.25, 0.3) is 0 Å². The second-order valence-corrected chi connectivity index (χ2v) is 5.30. The van der Waals surface area contributed by atoms with Gasteiger partial charge in [-0.1, -0.05) is 32.9 Å². The first-order valence-corrected chi connectivity index (χ1v) is 6.99. The van der Waals surface area contributed by atoms with Crippen molar-refractivity contribution in [2.75, 3.05) is 13.1 Å². The molecule has 0 aliphatic rings. The lowest BCUT2D eigenvalue weighted by molar-refractivity contribution is 0.148. The van der Waals surface area contributed by atoms with Crippen molar-refractivity contribution < 1.29 is 4.74 Å². The van der Waals surface area contributed by atoms with Crippen LogP contribution < -0.4 is 10.1 Å². The molecule has 2 nitrogen and oxygen atoms in total. The fourth-order valence-corrected chi connectivity index (χ4v) is 1.85. The van der Waals surface area contributed by atoms with E-state index in [-0.39, 0.29) is 6.10 Å². The number of benzene rings is 1. The quantitative estimate of drug-likeness (QED) is 0.744. The number of aryl methyl sites for hydroxylation is 1. The zero-order valence-corrected chi connectivity index (χ0v) is 12.4. The molecule has 0 amide bonds. The van der Waals surface area contributed by atoms with Crippen molar-refractivity contribution in [2.24, 2.45) is 5.92 Å². The predicted octanol–water partition coefficient (Wildman–Crippen LogP) is 3.71. The van der Waals surface area contributed by atoms with E-state index in [2.05, 4.69) is 58.1 Å². The van der Waals surface area contributed by atoms with E-state index >= 15 is 0 Å². The van der Waals surface area contributed by atoms with E-state index in [1.165, 1.54) is 11.1 Å². The van der Waals surface area contributed by atoms with Crippen LogP contribution in [0.1, 0.15) is 38.3 Å². The molecule has 1 aromatic rings. The molecule has 0 saturated heterocycles. The lowest BCUT2D eigenvalue weighted by Crippen LogP contribution is -2.36. The number of ether oxygens (including phenoxy) is 1. The third kappa shape index (κ3) is 4.34. The molecule has 1 N–H and O–H groups in total. The summed E-state index contributed by atoms with van der Waals surface area (Å²) in [5.74, 6) is 1.53. The van der Waals surface area contributed by atoms with Crippen molar-refractivity contribution in [3.05, 3.63) is 29.3 Å². The van der Waals surface area contributed by atoms with E-state index in [0.717, 1.165) is 25.3 Å². The Labute approximate surface area is 112 Å². The van der Waals surface area contributed by atoms with Crippen LogP contribution in [0.5, 0.6) is 5.75 Å². The van der Waals surface area contributed by atoms with Crippen LogP contribution in [0, 0.1) is 19.8 Å². The normalized spacial score (nSPS) is 12.8. The second kappa shape index (κ2) is 7.42. The Morgan fingerprint density at radius 2 is 1.94 bits per heavy atom. The maximum Gasteiger partial charge on any atom is 0.122 e. The van der Waals surface area contributed by atoms with Crippen LogP contribution >= 0.6 is 0 Å². The first-order chi connectivity index (χ1) is 8.56. The van der Waals surface area contributed by atoms with Crippen molar-refractivity contribution in [2.45, 2.75) is 47.1 Å². The summed E-state index contributed by atoms with van der Waals surface area (Å²) in [6.45, 7) is 12.8. The van der Waals surface area contributed by atoms with Crippen LogP contribution in [0.15, 0.2) is 18.2 Å². The molecule has 1 atom stereocenters. The molecule has 0 heterocycles. The van der Waals surface area contributed by atoms with Crippen LogP contribution in [-0.2, 0) is 0 Å². The molecule has 1 aromatic carbocycles. The zero-order chi connectivity index (χ0) is 13.5. The van der Waals surface area contributed by atoms with E-state index in [4.69, 9.17) is 4.74 Å². The van der Waals surface area contributed by atoms with Crippen molar-refractivity contribution in [3.63, 3.8) is 0 Å². The lowest BCUT2D eigenvalue weighted by atomic mass is 10.1. The summed E-state index contributed by atoms with van der Waals surface area (Å²) in [4.78, 5) is 0. The Bertz CT molecular complexity index is 360. The summed E-state index contributed by atoms with van der Waals surface area (Å²) in [6.07, 6.45) is 1.39. The van der Waals surface area contributed by atoms with Gasteiger partial charge in [0.2, 0.25) is 0 Å². The largest absolute Gasteiger partial charge is 0.489 e. The summed E-state index contributed by atoms with van der Waals surface area (Å²) in [7, 11) is 0. The third-order valence-corrected chi connectivity index (χ3v) is 3.35. The van der Waals surface area contributed by atoms with Gasteiger partial charge in [-0.25, -0.2) is 0 Å². The zero-order valence-electron chi connectivity index (χ0n) is 12.4. The van der Waals surface area contributed by atoms with Gasteiger partial charge in [0.05, 0.1) is 0 Å².